The van der Waals surface area contributed by atoms with Crippen molar-refractivity contribution >= 4 is 23.5 Å². The molecule has 1 fully saturated rings. The van der Waals surface area contributed by atoms with Gasteiger partial charge in [0.15, 0.2) is 5.78 Å². The van der Waals surface area contributed by atoms with Gasteiger partial charge in [-0.1, -0.05) is 30.3 Å². The van der Waals surface area contributed by atoms with Crippen molar-refractivity contribution in [2.45, 2.75) is 18.9 Å². The molecule has 0 aromatic heterocycles. The summed E-state index contributed by atoms with van der Waals surface area (Å²) in [5.41, 5.74) is 0.704. The van der Waals surface area contributed by atoms with E-state index in [1.165, 1.54) is 18.2 Å². The number of carbonyl (C=O) groups is 2. The van der Waals surface area contributed by atoms with Gasteiger partial charge in [-0.2, -0.15) is 0 Å². The Balaban J connectivity index is 1.60. The lowest BCUT2D eigenvalue weighted by molar-refractivity contribution is -0.118. The van der Waals surface area contributed by atoms with Crippen LogP contribution in [0.3, 0.4) is 0 Å². The van der Waals surface area contributed by atoms with Gasteiger partial charge in [0.2, 0.25) is 5.91 Å². The summed E-state index contributed by atoms with van der Waals surface area (Å²) in [7, 11) is 0. The average Bonchev–Trinajstić information content (AvgIpc) is 2.99. The Bertz CT molecular complexity index is 444. The van der Waals surface area contributed by atoms with Crippen LogP contribution in [-0.2, 0) is 4.79 Å². The van der Waals surface area contributed by atoms with Crippen LogP contribution in [0, 0.1) is 0 Å². The van der Waals surface area contributed by atoms with Crippen molar-refractivity contribution in [3.63, 3.8) is 0 Å². The predicted molar refractivity (Wildman–Crippen MR) is 82.1 cm³/mol. The van der Waals surface area contributed by atoms with Crippen LogP contribution >= 0.6 is 11.8 Å². The van der Waals surface area contributed by atoms with E-state index < -0.39 is 0 Å². The van der Waals surface area contributed by atoms with Crippen LogP contribution in [0.4, 0.5) is 0 Å². The molecule has 0 aliphatic carbocycles. The van der Waals surface area contributed by atoms with Crippen molar-refractivity contribution in [3.8, 4) is 0 Å². The van der Waals surface area contributed by atoms with E-state index in [1.54, 1.807) is 12.1 Å². The van der Waals surface area contributed by atoms with E-state index in [-0.39, 0.29) is 11.7 Å². The fourth-order valence-corrected chi connectivity index (χ4v) is 2.90. The minimum Gasteiger partial charge on any atom is -0.354 e. The summed E-state index contributed by atoms with van der Waals surface area (Å²) in [6, 6.07) is 9.59. The highest BCUT2D eigenvalue weighted by atomic mass is 32.2. The molecule has 1 aromatic rings. The maximum Gasteiger partial charge on any atom is 0.230 e. The van der Waals surface area contributed by atoms with Crippen molar-refractivity contribution < 1.29 is 9.59 Å². The summed E-state index contributed by atoms with van der Waals surface area (Å²) in [6.07, 6.45) is 2.31. The quantitative estimate of drug-likeness (QED) is 0.747. The van der Waals surface area contributed by atoms with Gasteiger partial charge in [-0.15, -0.1) is 11.8 Å². The zero-order valence-electron chi connectivity index (χ0n) is 11.4. The molecule has 1 amide bonds. The molecule has 1 saturated heterocycles. The molecular weight excluding hydrogens is 272 g/mol. The molecular formula is C15H20N2O2S. The Hall–Kier alpha value is -1.33. The second-order valence-electron chi connectivity index (χ2n) is 4.88. The first-order valence-corrected chi connectivity index (χ1v) is 8.07. The molecule has 1 aromatic carbocycles. The molecule has 2 N–H and O–H groups in total. The summed E-state index contributed by atoms with van der Waals surface area (Å²) >= 11 is 1.36. The van der Waals surface area contributed by atoms with Crippen molar-refractivity contribution in [1.29, 1.82) is 0 Å². The molecule has 0 spiro atoms. The molecule has 1 aliphatic heterocycles. The average molecular weight is 292 g/mol. The lowest BCUT2D eigenvalue weighted by Gasteiger charge is -2.11. The fraction of sp³-hybridized carbons (Fsp3) is 0.467. The number of hydrogen-bond donors (Lipinski definition) is 2. The van der Waals surface area contributed by atoms with E-state index >= 15 is 0 Å². The number of Topliss-reactive ketones (excluding diaryl/α,β-unsaturated/α-hetero) is 1. The summed E-state index contributed by atoms with van der Waals surface area (Å²) < 4.78 is 0. The maximum absolute atomic E-state index is 11.8. The zero-order chi connectivity index (χ0) is 14.2. The highest BCUT2D eigenvalue weighted by Crippen LogP contribution is 2.07. The Morgan fingerprint density at radius 3 is 2.75 bits per heavy atom. The van der Waals surface area contributed by atoms with Gasteiger partial charge in [-0.05, 0) is 19.4 Å². The van der Waals surface area contributed by atoms with Crippen LogP contribution in [0.2, 0.25) is 0 Å². The molecule has 1 atom stereocenters. The van der Waals surface area contributed by atoms with Crippen LogP contribution < -0.4 is 10.6 Å². The number of ketones is 1. The smallest absolute Gasteiger partial charge is 0.230 e. The van der Waals surface area contributed by atoms with E-state index in [4.69, 9.17) is 0 Å². The first kappa shape index (κ1) is 15.1. The minimum atomic E-state index is 0.00422. The largest absolute Gasteiger partial charge is 0.354 e. The standard InChI is InChI=1S/C15H20N2O2S/c18-14(12-5-2-1-3-6-12)10-20-11-15(19)17-9-13-7-4-8-16-13/h1-3,5-6,13,16H,4,7-11H2,(H,17,19). The molecule has 0 saturated carbocycles. The topological polar surface area (TPSA) is 58.2 Å². The second-order valence-corrected chi connectivity index (χ2v) is 5.86. The van der Waals surface area contributed by atoms with Crippen LogP contribution in [0.5, 0.6) is 0 Å². The third-order valence-electron chi connectivity index (χ3n) is 3.27. The molecule has 0 bridgehead atoms. The normalized spacial score (nSPS) is 17.9. The minimum absolute atomic E-state index is 0.00422. The number of benzene rings is 1. The molecule has 0 radical (unpaired) electrons. The molecule has 5 heteroatoms. The highest BCUT2D eigenvalue weighted by Gasteiger charge is 2.14. The van der Waals surface area contributed by atoms with E-state index in [0.717, 1.165) is 13.0 Å². The van der Waals surface area contributed by atoms with Gasteiger partial charge in [-0.25, -0.2) is 0 Å². The molecule has 1 unspecified atom stereocenters. The van der Waals surface area contributed by atoms with Crippen molar-refractivity contribution in [1.82, 2.24) is 10.6 Å². The van der Waals surface area contributed by atoms with Crippen LogP contribution in [0.1, 0.15) is 23.2 Å². The van der Waals surface area contributed by atoms with Crippen molar-refractivity contribution in [3.05, 3.63) is 35.9 Å². The molecule has 20 heavy (non-hydrogen) atoms. The fourth-order valence-electron chi connectivity index (χ4n) is 2.16. The number of thioether (sulfide) groups is 1. The molecule has 2 rings (SSSR count). The lowest BCUT2D eigenvalue weighted by atomic mass is 10.2. The SMILES string of the molecule is O=C(CSCC(=O)c1ccccc1)NCC1CCCN1. The summed E-state index contributed by atoms with van der Waals surface area (Å²) in [5.74, 6) is 0.759. The van der Waals surface area contributed by atoms with Gasteiger partial charge in [0.25, 0.3) is 0 Å². The Morgan fingerprint density at radius 1 is 1.25 bits per heavy atom. The monoisotopic (exact) mass is 292 g/mol. The van der Waals surface area contributed by atoms with Gasteiger partial charge < -0.3 is 10.6 Å². The number of carbonyl (C=O) groups excluding carboxylic acids is 2. The van der Waals surface area contributed by atoms with Crippen LogP contribution in [0.15, 0.2) is 30.3 Å². The van der Waals surface area contributed by atoms with E-state index in [9.17, 15) is 9.59 Å². The Morgan fingerprint density at radius 2 is 2.05 bits per heavy atom. The Kier molecular flexibility index (Phi) is 6.08. The number of rotatable bonds is 7. The number of amides is 1. The van der Waals surface area contributed by atoms with Crippen LogP contribution in [-0.4, -0.2) is 42.3 Å². The number of nitrogens with one attached hydrogen (secondary N) is 2. The van der Waals surface area contributed by atoms with Gasteiger partial charge in [0, 0.05) is 18.2 Å². The third kappa shape index (κ3) is 4.98. The van der Waals surface area contributed by atoms with E-state index in [0.29, 0.717) is 29.7 Å². The summed E-state index contributed by atoms with van der Waals surface area (Å²) in [5, 5.41) is 6.24. The van der Waals surface area contributed by atoms with Gasteiger partial charge in [0.1, 0.15) is 0 Å². The first-order valence-electron chi connectivity index (χ1n) is 6.92. The number of hydrogen-bond acceptors (Lipinski definition) is 4. The zero-order valence-corrected chi connectivity index (χ0v) is 12.2. The van der Waals surface area contributed by atoms with E-state index in [2.05, 4.69) is 10.6 Å². The predicted octanol–water partition coefficient (Wildman–Crippen LogP) is 1.47. The third-order valence-corrected chi connectivity index (χ3v) is 4.20. The lowest BCUT2D eigenvalue weighted by Crippen LogP contribution is -2.38. The van der Waals surface area contributed by atoms with Gasteiger partial charge in [-0.3, -0.25) is 9.59 Å². The maximum atomic E-state index is 11.8. The molecule has 108 valence electrons. The molecule has 4 nitrogen and oxygen atoms in total. The van der Waals surface area contributed by atoms with Crippen LogP contribution in [0.25, 0.3) is 0 Å². The van der Waals surface area contributed by atoms with Gasteiger partial charge >= 0.3 is 0 Å². The second kappa shape index (κ2) is 8.07. The van der Waals surface area contributed by atoms with Gasteiger partial charge in [0.05, 0.1) is 11.5 Å². The molecule has 1 heterocycles. The van der Waals surface area contributed by atoms with Crippen molar-refractivity contribution in [2.24, 2.45) is 0 Å². The Labute approximate surface area is 123 Å². The summed E-state index contributed by atoms with van der Waals surface area (Å²) in [6.45, 7) is 1.73. The summed E-state index contributed by atoms with van der Waals surface area (Å²) in [4.78, 5) is 23.5. The van der Waals surface area contributed by atoms with Crippen molar-refractivity contribution in [2.75, 3.05) is 24.6 Å². The molecule has 1 aliphatic rings. The highest BCUT2D eigenvalue weighted by molar-refractivity contribution is 8.00. The van der Waals surface area contributed by atoms with E-state index in [1.807, 2.05) is 18.2 Å². The first-order chi connectivity index (χ1) is 9.75.